The lowest BCUT2D eigenvalue weighted by Gasteiger charge is -2.18. The monoisotopic (exact) mass is 981 g/mol. The molecule has 0 amide bonds. The van der Waals surface area contributed by atoms with E-state index in [4.69, 9.17) is 14.2 Å². The highest BCUT2D eigenvalue weighted by Crippen LogP contribution is 2.17. The van der Waals surface area contributed by atoms with Crippen LogP contribution in [-0.2, 0) is 28.6 Å². The molecule has 6 heteroatoms. The number of carbonyl (C=O) groups excluding carboxylic acids is 3. The van der Waals surface area contributed by atoms with Crippen LogP contribution in [0.5, 0.6) is 0 Å². The second kappa shape index (κ2) is 58.9. The van der Waals surface area contributed by atoms with Gasteiger partial charge in [-0.2, -0.15) is 0 Å². The number of allylic oxidation sites excluding steroid dienone is 8. The Morgan fingerprint density at radius 2 is 0.514 bits per heavy atom. The first-order valence-electron chi connectivity index (χ1n) is 30.6. The first kappa shape index (κ1) is 67.4. The van der Waals surface area contributed by atoms with E-state index < -0.39 is 6.10 Å². The normalized spacial score (nSPS) is 12.3. The van der Waals surface area contributed by atoms with E-state index in [9.17, 15) is 14.4 Å². The van der Waals surface area contributed by atoms with Crippen LogP contribution in [0.1, 0.15) is 323 Å². The van der Waals surface area contributed by atoms with Crippen molar-refractivity contribution in [3.05, 3.63) is 48.6 Å². The Morgan fingerprint density at radius 1 is 0.286 bits per heavy atom. The summed E-state index contributed by atoms with van der Waals surface area (Å²) < 4.78 is 16.9. The minimum atomic E-state index is -0.779. The van der Waals surface area contributed by atoms with Gasteiger partial charge in [-0.05, 0) is 83.5 Å². The van der Waals surface area contributed by atoms with Crippen LogP contribution in [0.3, 0.4) is 0 Å². The third kappa shape index (κ3) is 56.3. The summed E-state index contributed by atoms with van der Waals surface area (Å²) in [4.78, 5) is 38.3. The third-order valence-corrected chi connectivity index (χ3v) is 13.6. The Labute approximate surface area is 435 Å². The summed E-state index contributed by atoms with van der Waals surface area (Å²) in [5.74, 6) is -0.873. The van der Waals surface area contributed by atoms with Gasteiger partial charge < -0.3 is 14.2 Å². The molecule has 0 aliphatic carbocycles. The Hall–Kier alpha value is -2.63. The number of hydrogen-bond donors (Lipinski definition) is 0. The molecule has 0 unspecified atom stereocenters. The van der Waals surface area contributed by atoms with Crippen molar-refractivity contribution < 1.29 is 28.6 Å². The van der Waals surface area contributed by atoms with E-state index >= 15 is 0 Å². The molecule has 0 aliphatic rings. The molecule has 0 rings (SSSR count). The number of unbranched alkanes of at least 4 members (excludes halogenated alkanes) is 37. The molecule has 0 bridgehead atoms. The zero-order valence-electron chi connectivity index (χ0n) is 46.8. The molecule has 1 atom stereocenters. The molecule has 0 N–H and O–H groups in total. The standard InChI is InChI=1S/C64H116O6/c1-4-7-10-13-16-19-22-25-28-31-34-36-39-42-45-48-51-54-57-63(66)69-60-61(70-64(67)58-55-52-49-46-43-40-37-33-30-27-24-21-18-15-12-9-6-3)59-68-62(65)56-53-50-47-44-41-38-35-32-29-26-23-20-17-14-11-8-5-2/h17-18,20-21,26-27,29-30,61H,4-16,19,22-25,28,31-60H2,1-3H3/b20-17+,21-18+,29-26+,30-27+/t61-/m1/s1. The van der Waals surface area contributed by atoms with Crippen LogP contribution in [-0.4, -0.2) is 37.2 Å². The molecule has 6 nitrogen and oxygen atoms in total. The van der Waals surface area contributed by atoms with Crippen molar-refractivity contribution in [2.45, 2.75) is 329 Å². The highest BCUT2D eigenvalue weighted by atomic mass is 16.6. The number of rotatable bonds is 56. The minimum Gasteiger partial charge on any atom is -0.462 e. The van der Waals surface area contributed by atoms with Gasteiger partial charge in [-0.25, -0.2) is 0 Å². The van der Waals surface area contributed by atoms with Gasteiger partial charge in [0, 0.05) is 19.3 Å². The van der Waals surface area contributed by atoms with Crippen molar-refractivity contribution in [3.63, 3.8) is 0 Å². The van der Waals surface area contributed by atoms with Crippen molar-refractivity contribution in [3.8, 4) is 0 Å². The zero-order chi connectivity index (χ0) is 50.7. The number of esters is 3. The van der Waals surface area contributed by atoms with Crippen LogP contribution in [0.4, 0.5) is 0 Å². The predicted molar refractivity (Wildman–Crippen MR) is 302 cm³/mol. The van der Waals surface area contributed by atoms with E-state index in [-0.39, 0.29) is 31.1 Å². The van der Waals surface area contributed by atoms with Crippen molar-refractivity contribution in [2.75, 3.05) is 13.2 Å². The van der Waals surface area contributed by atoms with E-state index in [0.717, 1.165) is 83.5 Å². The molecular weight excluding hydrogens is 865 g/mol. The Balaban J connectivity index is 4.37. The van der Waals surface area contributed by atoms with E-state index in [1.165, 1.54) is 199 Å². The molecule has 0 fully saturated rings. The second-order valence-electron chi connectivity index (χ2n) is 20.6. The van der Waals surface area contributed by atoms with Gasteiger partial charge in [-0.1, -0.05) is 268 Å². The van der Waals surface area contributed by atoms with Crippen LogP contribution in [0.25, 0.3) is 0 Å². The first-order valence-corrected chi connectivity index (χ1v) is 30.6. The van der Waals surface area contributed by atoms with E-state index in [0.29, 0.717) is 19.3 Å². The summed E-state index contributed by atoms with van der Waals surface area (Å²) >= 11 is 0. The molecule has 0 heterocycles. The van der Waals surface area contributed by atoms with Crippen LogP contribution in [0.15, 0.2) is 48.6 Å². The molecule has 0 saturated carbocycles. The molecule has 0 spiro atoms. The van der Waals surface area contributed by atoms with Crippen LogP contribution in [0.2, 0.25) is 0 Å². The van der Waals surface area contributed by atoms with E-state index in [1.54, 1.807) is 0 Å². The maximum absolute atomic E-state index is 12.9. The summed E-state index contributed by atoms with van der Waals surface area (Å²) in [7, 11) is 0. The van der Waals surface area contributed by atoms with Crippen molar-refractivity contribution in [1.82, 2.24) is 0 Å². The summed E-state index contributed by atoms with van der Waals surface area (Å²) in [6, 6.07) is 0. The van der Waals surface area contributed by atoms with Crippen LogP contribution in [0, 0.1) is 0 Å². The fraction of sp³-hybridized carbons (Fsp3) is 0.828. The van der Waals surface area contributed by atoms with E-state index in [1.807, 2.05) is 0 Å². The molecule has 408 valence electrons. The SMILES string of the molecule is CCCCC/C=C/C/C=C/CCCCCCCCCC(=O)OC[C@H](COC(=O)CCCCCCCCCCCCCCCCCCCC)OC(=O)CCCCCCCCC/C=C/C/C=C/CCCCC. The lowest BCUT2D eigenvalue weighted by atomic mass is 10.0. The van der Waals surface area contributed by atoms with Gasteiger partial charge >= 0.3 is 17.9 Å². The summed E-state index contributed by atoms with van der Waals surface area (Å²) in [6.07, 6.45) is 72.4. The van der Waals surface area contributed by atoms with Gasteiger partial charge in [0.25, 0.3) is 0 Å². The average molecular weight is 982 g/mol. The molecule has 0 radical (unpaired) electrons. The third-order valence-electron chi connectivity index (χ3n) is 13.6. The number of carbonyl (C=O) groups is 3. The van der Waals surface area contributed by atoms with Gasteiger partial charge in [0.05, 0.1) is 0 Å². The van der Waals surface area contributed by atoms with Crippen molar-refractivity contribution >= 4 is 17.9 Å². The maximum Gasteiger partial charge on any atom is 0.306 e. The van der Waals surface area contributed by atoms with Gasteiger partial charge in [-0.3, -0.25) is 14.4 Å². The lowest BCUT2D eigenvalue weighted by Crippen LogP contribution is -2.30. The molecule has 70 heavy (non-hydrogen) atoms. The van der Waals surface area contributed by atoms with Crippen molar-refractivity contribution in [2.24, 2.45) is 0 Å². The fourth-order valence-electron chi connectivity index (χ4n) is 8.92. The summed E-state index contributed by atoms with van der Waals surface area (Å²) in [6.45, 7) is 6.62. The highest BCUT2D eigenvalue weighted by Gasteiger charge is 2.19. The predicted octanol–water partition coefficient (Wildman–Crippen LogP) is 20.6. The molecule has 0 aromatic carbocycles. The Morgan fingerprint density at radius 3 is 0.814 bits per heavy atom. The van der Waals surface area contributed by atoms with Crippen LogP contribution < -0.4 is 0 Å². The Bertz CT molecular complexity index is 1220. The van der Waals surface area contributed by atoms with Gasteiger partial charge in [0.1, 0.15) is 13.2 Å². The molecule has 0 aliphatic heterocycles. The quantitative estimate of drug-likeness (QED) is 0.0261. The molecule has 0 saturated heterocycles. The zero-order valence-corrected chi connectivity index (χ0v) is 46.8. The van der Waals surface area contributed by atoms with Gasteiger partial charge in [0.15, 0.2) is 6.10 Å². The summed E-state index contributed by atoms with van der Waals surface area (Å²) in [5, 5.41) is 0. The smallest absolute Gasteiger partial charge is 0.306 e. The average Bonchev–Trinajstić information content (AvgIpc) is 3.36. The highest BCUT2D eigenvalue weighted by molar-refractivity contribution is 5.71. The Kier molecular flexibility index (Phi) is 56.7. The molecule has 0 aromatic rings. The lowest BCUT2D eigenvalue weighted by molar-refractivity contribution is -0.167. The number of ether oxygens (including phenoxy) is 3. The first-order chi connectivity index (χ1) is 34.5. The molecular formula is C64H116O6. The van der Waals surface area contributed by atoms with Crippen molar-refractivity contribution in [1.29, 1.82) is 0 Å². The van der Waals surface area contributed by atoms with Crippen LogP contribution >= 0.6 is 0 Å². The van der Waals surface area contributed by atoms with Gasteiger partial charge in [-0.15, -0.1) is 0 Å². The van der Waals surface area contributed by atoms with E-state index in [2.05, 4.69) is 69.4 Å². The fourth-order valence-corrected chi connectivity index (χ4v) is 8.92. The summed E-state index contributed by atoms with van der Waals surface area (Å²) in [5.41, 5.74) is 0. The second-order valence-corrected chi connectivity index (χ2v) is 20.6. The largest absolute Gasteiger partial charge is 0.462 e. The maximum atomic E-state index is 12.9. The van der Waals surface area contributed by atoms with Gasteiger partial charge in [0.2, 0.25) is 0 Å². The number of hydrogen-bond acceptors (Lipinski definition) is 6. The minimum absolute atomic E-state index is 0.0756. The molecule has 0 aromatic heterocycles. The topological polar surface area (TPSA) is 78.9 Å².